The predicted molar refractivity (Wildman–Crippen MR) is 118 cm³/mol. The highest BCUT2D eigenvalue weighted by Gasteiger charge is 2.22. The summed E-state index contributed by atoms with van der Waals surface area (Å²) < 4.78 is 5.65. The molecule has 0 bridgehead atoms. The first kappa shape index (κ1) is 18.5. The van der Waals surface area contributed by atoms with Crippen LogP contribution < -0.4 is 0 Å². The van der Waals surface area contributed by atoms with Crippen LogP contribution in [0.5, 0.6) is 0 Å². The normalized spacial score (nSPS) is 21.4. The van der Waals surface area contributed by atoms with Crippen LogP contribution in [0.25, 0.3) is 16.7 Å². The maximum Gasteiger partial charge on any atom is 0.255 e. The molecule has 4 heterocycles. The number of aryl methyl sites for hydroxylation is 1. The molecule has 3 aliphatic rings. The molecule has 6 heteroatoms. The Hall–Kier alpha value is -3.51. The summed E-state index contributed by atoms with van der Waals surface area (Å²) in [5.74, 6) is 0.521. The Kier molecular flexibility index (Phi) is 4.56. The standard InChI is InChI=1S/C24H22N4O2/c1-16-26-21-7-6-19(12-23(21)30-16)18-4-3-5-20-14-25-22(15-28(20)24(29)13-18)17-8-10-27(2)11-9-17/h3-8,12-15H,9-11H2,1-2H3/b4-3?,18-13?,20-5+. The fourth-order valence-electron chi connectivity index (χ4n) is 3.81. The fraction of sp³-hybridized carbons (Fsp3) is 0.208. The highest BCUT2D eigenvalue weighted by atomic mass is 16.3. The summed E-state index contributed by atoms with van der Waals surface area (Å²) in [7, 11) is 2.10. The first-order valence-corrected chi connectivity index (χ1v) is 10.0. The Labute approximate surface area is 174 Å². The molecule has 0 aliphatic carbocycles. The molecular weight excluding hydrogens is 376 g/mol. The summed E-state index contributed by atoms with van der Waals surface area (Å²) >= 11 is 0. The molecule has 3 aliphatic heterocycles. The van der Waals surface area contributed by atoms with Crippen LogP contribution in [0.2, 0.25) is 0 Å². The molecule has 0 fully saturated rings. The summed E-state index contributed by atoms with van der Waals surface area (Å²) in [5.41, 5.74) is 6.05. The maximum atomic E-state index is 13.1. The molecule has 150 valence electrons. The van der Waals surface area contributed by atoms with Gasteiger partial charge >= 0.3 is 0 Å². The number of carbonyl (C=O) groups is 1. The van der Waals surface area contributed by atoms with E-state index in [4.69, 9.17) is 4.42 Å². The van der Waals surface area contributed by atoms with Gasteiger partial charge in [0.15, 0.2) is 11.5 Å². The van der Waals surface area contributed by atoms with Gasteiger partial charge in [0, 0.05) is 32.3 Å². The Balaban J connectivity index is 1.49. The van der Waals surface area contributed by atoms with Crippen molar-refractivity contribution in [1.82, 2.24) is 14.8 Å². The number of carbonyl (C=O) groups excluding carboxylic acids is 1. The molecule has 0 saturated heterocycles. The second-order valence-electron chi connectivity index (χ2n) is 7.69. The molecule has 0 N–H and O–H groups in total. The SMILES string of the molecule is Cc1nc2ccc(C3=CC(=O)N4C=C(C5=CCN(C)CC5)N=C/C4=C\C=C3)cc2o1. The topological polar surface area (TPSA) is 61.9 Å². The van der Waals surface area contributed by atoms with Crippen molar-refractivity contribution >= 4 is 28.8 Å². The van der Waals surface area contributed by atoms with Crippen molar-refractivity contribution in [3.05, 3.63) is 83.2 Å². The lowest BCUT2D eigenvalue weighted by Gasteiger charge is -2.27. The van der Waals surface area contributed by atoms with Gasteiger partial charge in [-0.15, -0.1) is 0 Å². The molecule has 0 saturated carbocycles. The van der Waals surface area contributed by atoms with E-state index in [0.717, 1.165) is 47.6 Å². The maximum absolute atomic E-state index is 13.1. The Morgan fingerprint density at radius 3 is 2.97 bits per heavy atom. The predicted octanol–water partition coefficient (Wildman–Crippen LogP) is 3.99. The van der Waals surface area contributed by atoms with Crippen LogP contribution >= 0.6 is 0 Å². The zero-order chi connectivity index (χ0) is 20.7. The molecule has 2 aromatic rings. The van der Waals surface area contributed by atoms with Crippen molar-refractivity contribution in [3.8, 4) is 0 Å². The third-order valence-electron chi connectivity index (χ3n) is 5.49. The summed E-state index contributed by atoms with van der Waals surface area (Å²) in [6.07, 6.45) is 14.2. The number of allylic oxidation sites excluding steroid dienone is 6. The zero-order valence-electron chi connectivity index (χ0n) is 17.0. The van der Waals surface area contributed by atoms with Crippen molar-refractivity contribution in [2.45, 2.75) is 13.3 Å². The Morgan fingerprint density at radius 1 is 1.23 bits per heavy atom. The van der Waals surface area contributed by atoms with Crippen molar-refractivity contribution in [3.63, 3.8) is 0 Å². The van der Waals surface area contributed by atoms with Crippen molar-refractivity contribution in [2.75, 3.05) is 20.1 Å². The average Bonchev–Trinajstić information content (AvgIpc) is 3.11. The van der Waals surface area contributed by atoms with Gasteiger partial charge in [-0.25, -0.2) is 4.98 Å². The molecular formula is C24H22N4O2. The smallest absolute Gasteiger partial charge is 0.255 e. The zero-order valence-corrected chi connectivity index (χ0v) is 17.0. The third kappa shape index (κ3) is 3.46. The van der Waals surface area contributed by atoms with Gasteiger partial charge in [-0.3, -0.25) is 14.7 Å². The minimum Gasteiger partial charge on any atom is -0.441 e. The number of likely N-dealkylation sites (N-methyl/N-ethyl adjacent to an activating group) is 1. The van der Waals surface area contributed by atoms with Crippen LogP contribution in [0.3, 0.4) is 0 Å². The monoisotopic (exact) mass is 398 g/mol. The molecule has 0 atom stereocenters. The largest absolute Gasteiger partial charge is 0.441 e. The molecule has 0 spiro atoms. The lowest BCUT2D eigenvalue weighted by molar-refractivity contribution is -0.121. The number of nitrogens with zero attached hydrogens (tertiary/aromatic N) is 4. The van der Waals surface area contributed by atoms with Gasteiger partial charge in [0.25, 0.3) is 5.91 Å². The number of aromatic nitrogens is 1. The number of amides is 1. The minimum absolute atomic E-state index is 0.105. The van der Waals surface area contributed by atoms with E-state index in [1.165, 1.54) is 5.57 Å². The number of fused-ring (bicyclic) bond motifs is 2. The van der Waals surface area contributed by atoms with Crippen molar-refractivity contribution < 1.29 is 9.21 Å². The van der Waals surface area contributed by atoms with Crippen molar-refractivity contribution in [1.29, 1.82) is 0 Å². The molecule has 1 aromatic heterocycles. The van der Waals surface area contributed by atoms with Gasteiger partial charge in [0.1, 0.15) is 5.52 Å². The van der Waals surface area contributed by atoms with Gasteiger partial charge in [-0.1, -0.05) is 24.3 Å². The fourth-order valence-corrected chi connectivity index (χ4v) is 3.81. The van der Waals surface area contributed by atoms with E-state index in [1.807, 2.05) is 49.6 Å². The number of benzene rings is 1. The van der Waals surface area contributed by atoms with E-state index in [0.29, 0.717) is 11.5 Å². The minimum atomic E-state index is -0.105. The van der Waals surface area contributed by atoms with E-state index in [9.17, 15) is 4.79 Å². The summed E-state index contributed by atoms with van der Waals surface area (Å²) in [6.45, 7) is 3.72. The second kappa shape index (κ2) is 7.39. The van der Waals surface area contributed by atoms with E-state index < -0.39 is 0 Å². The van der Waals surface area contributed by atoms with Crippen LogP contribution in [-0.2, 0) is 4.79 Å². The van der Waals surface area contributed by atoms with Crippen LogP contribution in [-0.4, -0.2) is 47.0 Å². The van der Waals surface area contributed by atoms with E-state index in [-0.39, 0.29) is 5.91 Å². The molecule has 30 heavy (non-hydrogen) atoms. The Bertz CT molecular complexity index is 1220. The second-order valence-corrected chi connectivity index (χ2v) is 7.69. The first-order valence-electron chi connectivity index (χ1n) is 10.0. The van der Waals surface area contributed by atoms with Gasteiger partial charge in [-0.05, 0) is 48.4 Å². The van der Waals surface area contributed by atoms with Crippen LogP contribution in [0, 0.1) is 6.92 Å². The first-order chi connectivity index (χ1) is 14.6. The van der Waals surface area contributed by atoms with Crippen molar-refractivity contribution in [2.24, 2.45) is 4.99 Å². The van der Waals surface area contributed by atoms with Gasteiger partial charge in [-0.2, -0.15) is 0 Å². The number of hydrogen-bond donors (Lipinski definition) is 0. The highest BCUT2D eigenvalue weighted by Crippen LogP contribution is 2.28. The summed E-state index contributed by atoms with van der Waals surface area (Å²) in [4.78, 5) is 26.0. The number of aliphatic imine (C=N–C) groups is 1. The quantitative estimate of drug-likeness (QED) is 0.767. The third-order valence-corrected chi connectivity index (χ3v) is 5.49. The molecule has 5 rings (SSSR count). The molecule has 1 amide bonds. The van der Waals surface area contributed by atoms with Gasteiger partial charge in [0.2, 0.25) is 0 Å². The molecule has 6 nitrogen and oxygen atoms in total. The lowest BCUT2D eigenvalue weighted by Crippen LogP contribution is -2.29. The van der Waals surface area contributed by atoms with Crippen LogP contribution in [0.4, 0.5) is 0 Å². The molecule has 0 unspecified atom stereocenters. The summed E-state index contributed by atoms with van der Waals surface area (Å²) in [5, 5.41) is 0. The van der Waals surface area contributed by atoms with Gasteiger partial charge in [0.05, 0.1) is 17.6 Å². The highest BCUT2D eigenvalue weighted by molar-refractivity contribution is 6.03. The van der Waals surface area contributed by atoms with Crippen LogP contribution in [0.15, 0.2) is 81.2 Å². The van der Waals surface area contributed by atoms with E-state index in [1.54, 1.807) is 17.2 Å². The Morgan fingerprint density at radius 2 is 2.13 bits per heavy atom. The number of oxazole rings is 1. The molecule has 1 aromatic carbocycles. The summed E-state index contributed by atoms with van der Waals surface area (Å²) in [6, 6.07) is 5.80. The van der Waals surface area contributed by atoms with E-state index >= 15 is 0 Å². The number of rotatable bonds is 2. The lowest BCUT2D eigenvalue weighted by atomic mass is 10.0. The van der Waals surface area contributed by atoms with Crippen LogP contribution in [0.1, 0.15) is 17.9 Å². The van der Waals surface area contributed by atoms with Gasteiger partial charge < -0.3 is 9.32 Å². The molecule has 0 radical (unpaired) electrons. The number of hydrogen-bond acceptors (Lipinski definition) is 5. The average molecular weight is 398 g/mol. The van der Waals surface area contributed by atoms with E-state index in [2.05, 4.69) is 28.0 Å².